The maximum absolute atomic E-state index is 12.0. The fourth-order valence-corrected chi connectivity index (χ4v) is 1.97. The number of anilines is 1. The molecule has 0 bridgehead atoms. The van der Waals surface area contributed by atoms with Crippen molar-refractivity contribution in [1.29, 1.82) is 0 Å². The Morgan fingerprint density at radius 1 is 1.30 bits per heavy atom. The lowest BCUT2D eigenvalue weighted by Gasteiger charge is -2.16. The Morgan fingerprint density at radius 3 is 2.57 bits per heavy atom. The molecule has 7 nitrogen and oxygen atoms in total. The van der Waals surface area contributed by atoms with Gasteiger partial charge >= 0.3 is 5.97 Å². The number of ether oxygens (including phenoxy) is 1. The predicted octanol–water partition coefficient (Wildman–Crippen LogP) is 1.39. The highest BCUT2D eigenvalue weighted by atomic mass is 16.5. The first-order valence-corrected chi connectivity index (χ1v) is 7.45. The van der Waals surface area contributed by atoms with Crippen LogP contribution in [0.15, 0.2) is 29.4 Å². The van der Waals surface area contributed by atoms with E-state index in [2.05, 4.69) is 15.8 Å². The zero-order chi connectivity index (χ0) is 16.8. The zero-order valence-electron chi connectivity index (χ0n) is 13.1. The van der Waals surface area contributed by atoms with Gasteiger partial charge in [0.05, 0.1) is 0 Å². The molecule has 1 aromatic carbocycles. The van der Waals surface area contributed by atoms with Crippen molar-refractivity contribution in [3.8, 4) is 0 Å². The molecular formula is C16H19N3O4. The normalized spacial score (nSPS) is 15.2. The molecule has 2 amide bonds. The number of carbonyl (C=O) groups is 3. The number of nitrogens with one attached hydrogen (secondary N) is 2. The van der Waals surface area contributed by atoms with Gasteiger partial charge in [0.25, 0.3) is 5.91 Å². The molecule has 0 aliphatic carbocycles. The first-order chi connectivity index (χ1) is 11.0. The van der Waals surface area contributed by atoms with Crippen molar-refractivity contribution >= 4 is 29.2 Å². The molecular weight excluding hydrogens is 298 g/mol. The van der Waals surface area contributed by atoms with Gasteiger partial charge in [-0.1, -0.05) is 19.1 Å². The Hall–Kier alpha value is -2.70. The molecule has 0 spiro atoms. The Kier molecular flexibility index (Phi) is 5.46. The average Bonchev–Trinajstić information content (AvgIpc) is 2.56. The number of nitrogens with zero attached hydrogens (tertiary/aromatic N) is 1. The Balaban J connectivity index is 1.89. The summed E-state index contributed by atoms with van der Waals surface area (Å²) in [5, 5.41) is 6.32. The summed E-state index contributed by atoms with van der Waals surface area (Å²) in [5.41, 5.74) is 4.12. The smallest absolute Gasteiger partial charge is 0.355 e. The molecule has 1 aromatic rings. The number of hydrogen-bond acceptors (Lipinski definition) is 5. The number of benzene rings is 1. The van der Waals surface area contributed by atoms with Crippen molar-refractivity contribution in [3.05, 3.63) is 29.8 Å². The number of carbonyl (C=O) groups excluding carboxylic acids is 3. The van der Waals surface area contributed by atoms with E-state index in [1.54, 1.807) is 12.1 Å². The van der Waals surface area contributed by atoms with Crippen LogP contribution in [0.2, 0.25) is 0 Å². The molecule has 122 valence electrons. The second-order valence-corrected chi connectivity index (χ2v) is 5.18. The van der Waals surface area contributed by atoms with Gasteiger partial charge in [-0.15, -0.1) is 0 Å². The average molecular weight is 317 g/mol. The van der Waals surface area contributed by atoms with Gasteiger partial charge in [0.15, 0.2) is 6.10 Å². The highest BCUT2D eigenvalue weighted by Crippen LogP contribution is 2.11. The number of esters is 1. The topological polar surface area (TPSA) is 96.9 Å². The second kappa shape index (κ2) is 7.53. The van der Waals surface area contributed by atoms with E-state index < -0.39 is 18.0 Å². The third-order valence-corrected chi connectivity index (χ3v) is 3.42. The lowest BCUT2D eigenvalue weighted by atomic mass is 10.1. The Labute approximate surface area is 134 Å². The van der Waals surface area contributed by atoms with E-state index in [0.717, 1.165) is 6.42 Å². The molecule has 2 rings (SSSR count). The molecule has 0 radical (unpaired) electrons. The van der Waals surface area contributed by atoms with Crippen LogP contribution in [0.3, 0.4) is 0 Å². The van der Waals surface area contributed by atoms with Crippen LogP contribution in [0.1, 0.15) is 32.3 Å². The summed E-state index contributed by atoms with van der Waals surface area (Å²) < 4.78 is 5.07. The van der Waals surface area contributed by atoms with Gasteiger partial charge in [0, 0.05) is 18.5 Å². The van der Waals surface area contributed by atoms with Crippen LogP contribution in [-0.4, -0.2) is 29.6 Å². The lowest BCUT2D eigenvalue weighted by Crippen LogP contribution is -2.35. The summed E-state index contributed by atoms with van der Waals surface area (Å²) in [4.78, 5) is 34.9. The molecule has 0 fully saturated rings. The van der Waals surface area contributed by atoms with Crippen molar-refractivity contribution < 1.29 is 19.1 Å². The van der Waals surface area contributed by atoms with E-state index in [-0.39, 0.29) is 24.5 Å². The molecule has 1 heterocycles. The first kappa shape index (κ1) is 16.7. The molecule has 1 aliphatic rings. The van der Waals surface area contributed by atoms with Crippen molar-refractivity contribution in [2.24, 2.45) is 5.10 Å². The van der Waals surface area contributed by atoms with Crippen LogP contribution in [0.25, 0.3) is 0 Å². The van der Waals surface area contributed by atoms with E-state index in [4.69, 9.17) is 4.74 Å². The van der Waals surface area contributed by atoms with Crippen molar-refractivity contribution in [2.45, 2.75) is 39.2 Å². The van der Waals surface area contributed by atoms with E-state index in [1.165, 1.54) is 12.5 Å². The molecule has 0 aromatic heterocycles. The fourth-order valence-electron chi connectivity index (χ4n) is 1.97. The SMILES string of the molecule is CCc1ccc(NC(=O)[C@@H](C)OC(=O)C2=NNC(=O)CC2)cc1. The number of rotatable bonds is 5. The van der Waals surface area contributed by atoms with E-state index in [9.17, 15) is 14.4 Å². The minimum Gasteiger partial charge on any atom is -0.448 e. The van der Waals surface area contributed by atoms with Gasteiger partial charge in [-0.25, -0.2) is 10.2 Å². The molecule has 1 atom stereocenters. The largest absolute Gasteiger partial charge is 0.448 e. The van der Waals surface area contributed by atoms with Crippen molar-refractivity contribution in [3.63, 3.8) is 0 Å². The van der Waals surface area contributed by atoms with E-state index in [0.29, 0.717) is 5.69 Å². The van der Waals surface area contributed by atoms with Gasteiger partial charge in [0.2, 0.25) is 5.91 Å². The monoisotopic (exact) mass is 317 g/mol. The predicted molar refractivity (Wildman–Crippen MR) is 84.8 cm³/mol. The van der Waals surface area contributed by atoms with E-state index >= 15 is 0 Å². The van der Waals surface area contributed by atoms with Gasteiger partial charge in [-0.2, -0.15) is 5.10 Å². The number of hydrazone groups is 1. The highest BCUT2D eigenvalue weighted by molar-refractivity contribution is 6.37. The van der Waals surface area contributed by atoms with Crippen LogP contribution >= 0.6 is 0 Å². The van der Waals surface area contributed by atoms with Gasteiger partial charge in [-0.3, -0.25) is 9.59 Å². The van der Waals surface area contributed by atoms with Crippen molar-refractivity contribution in [2.75, 3.05) is 5.32 Å². The van der Waals surface area contributed by atoms with Gasteiger partial charge < -0.3 is 10.1 Å². The van der Waals surface area contributed by atoms with Gasteiger partial charge in [-0.05, 0) is 31.0 Å². The van der Waals surface area contributed by atoms with Crippen LogP contribution in [0, 0.1) is 0 Å². The number of hydrogen-bond donors (Lipinski definition) is 2. The molecule has 0 unspecified atom stereocenters. The number of aryl methyl sites for hydroxylation is 1. The molecule has 0 saturated carbocycles. The summed E-state index contributed by atoms with van der Waals surface area (Å²) in [5.74, 6) is -1.38. The van der Waals surface area contributed by atoms with Gasteiger partial charge in [0.1, 0.15) is 5.71 Å². The summed E-state index contributed by atoms with van der Waals surface area (Å²) in [6.45, 7) is 3.53. The molecule has 7 heteroatoms. The Bertz CT molecular complexity index is 637. The fraction of sp³-hybridized carbons (Fsp3) is 0.375. The highest BCUT2D eigenvalue weighted by Gasteiger charge is 2.24. The standard InChI is InChI=1S/C16H19N3O4/c1-3-11-4-6-12(7-5-11)17-15(21)10(2)23-16(22)13-8-9-14(20)19-18-13/h4-7,10H,3,8-9H2,1-2H3,(H,17,21)(H,19,20)/t10-/m1/s1. The summed E-state index contributed by atoms with van der Waals surface area (Å²) in [6, 6.07) is 7.44. The molecule has 0 saturated heterocycles. The first-order valence-electron chi connectivity index (χ1n) is 7.45. The summed E-state index contributed by atoms with van der Waals surface area (Å²) >= 11 is 0. The van der Waals surface area contributed by atoms with Crippen molar-refractivity contribution in [1.82, 2.24) is 5.43 Å². The second-order valence-electron chi connectivity index (χ2n) is 5.18. The van der Waals surface area contributed by atoms with E-state index in [1.807, 2.05) is 19.1 Å². The summed E-state index contributed by atoms with van der Waals surface area (Å²) in [7, 11) is 0. The minimum absolute atomic E-state index is 0.108. The lowest BCUT2D eigenvalue weighted by molar-refractivity contribution is -0.146. The summed E-state index contributed by atoms with van der Waals surface area (Å²) in [6.07, 6.45) is 0.338. The molecule has 1 aliphatic heterocycles. The third-order valence-electron chi connectivity index (χ3n) is 3.42. The van der Waals surface area contributed by atoms with Crippen LogP contribution in [0.4, 0.5) is 5.69 Å². The maximum Gasteiger partial charge on any atom is 0.355 e. The maximum atomic E-state index is 12.0. The zero-order valence-corrected chi connectivity index (χ0v) is 13.1. The van der Waals surface area contributed by atoms with Crippen LogP contribution in [0.5, 0.6) is 0 Å². The molecule has 23 heavy (non-hydrogen) atoms. The third kappa shape index (κ3) is 4.64. The minimum atomic E-state index is -0.964. The molecule has 2 N–H and O–H groups in total. The van der Waals surface area contributed by atoms with Crippen LogP contribution < -0.4 is 10.7 Å². The Morgan fingerprint density at radius 2 is 2.00 bits per heavy atom. The van der Waals surface area contributed by atoms with Crippen LogP contribution in [-0.2, 0) is 25.5 Å². The quantitative estimate of drug-likeness (QED) is 0.802. The number of amides is 2.